The maximum atomic E-state index is 13.3. The van der Waals surface area contributed by atoms with Gasteiger partial charge in [0.25, 0.3) is 5.89 Å². The maximum Gasteiger partial charge on any atom is 0.258 e. The minimum atomic E-state index is -0.375. The van der Waals surface area contributed by atoms with Crippen LogP contribution in [0.1, 0.15) is 0 Å². The molecule has 6 nitrogen and oxygen atoms in total. The highest BCUT2D eigenvalue weighted by Gasteiger charge is 2.18. The van der Waals surface area contributed by atoms with Crippen molar-refractivity contribution in [3.05, 3.63) is 42.2 Å². The third-order valence-corrected chi connectivity index (χ3v) is 3.42. The van der Waals surface area contributed by atoms with Crippen LogP contribution in [-0.4, -0.2) is 31.5 Å². The Bertz CT molecular complexity index is 838. The summed E-state index contributed by atoms with van der Waals surface area (Å²) in [4.78, 5) is 4.30. The molecule has 0 atom stereocenters. The van der Waals surface area contributed by atoms with Crippen LogP contribution in [0.3, 0.4) is 0 Å². The highest BCUT2D eigenvalue weighted by molar-refractivity contribution is 5.67. The first-order valence-electron chi connectivity index (χ1n) is 7.06. The Balaban J connectivity index is 2.04. The van der Waals surface area contributed by atoms with E-state index in [9.17, 15) is 4.39 Å². The van der Waals surface area contributed by atoms with Crippen LogP contribution in [0.15, 0.2) is 40.9 Å². The van der Waals surface area contributed by atoms with E-state index in [2.05, 4.69) is 10.1 Å². The molecule has 3 aromatic rings. The van der Waals surface area contributed by atoms with Gasteiger partial charge in [-0.05, 0) is 30.3 Å². The highest BCUT2D eigenvalue weighted by Crippen LogP contribution is 2.40. The molecule has 0 aliphatic carbocycles. The van der Waals surface area contributed by atoms with Gasteiger partial charge in [-0.3, -0.25) is 0 Å². The van der Waals surface area contributed by atoms with E-state index in [0.29, 0.717) is 34.2 Å². The standard InChI is InChI=1S/C17H15FN2O4/c1-21-13-8-11(9-14(22-2)15(13)23-3)16-19-17(24-20-16)10-5-4-6-12(18)7-10/h4-9H,1-3H3. The molecule has 3 rings (SSSR count). The summed E-state index contributed by atoms with van der Waals surface area (Å²) >= 11 is 0. The van der Waals surface area contributed by atoms with Crippen molar-refractivity contribution in [3.63, 3.8) is 0 Å². The zero-order valence-electron chi connectivity index (χ0n) is 13.4. The smallest absolute Gasteiger partial charge is 0.258 e. The number of hydrogen-bond acceptors (Lipinski definition) is 6. The Morgan fingerprint density at radius 2 is 1.62 bits per heavy atom. The normalized spacial score (nSPS) is 10.5. The van der Waals surface area contributed by atoms with E-state index < -0.39 is 0 Å². The molecule has 0 spiro atoms. The molecule has 2 aromatic carbocycles. The molecule has 7 heteroatoms. The van der Waals surface area contributed by atoms with Gasteiger partial charge >= 0.3 is 0 Å². The summed E-state index contributed by atoms with van der Waals surface area (Å²) in [5.74, 6) is 1.59. The van der Waals surface area contributed by atoms with Crippen molar-refractivity contribution in [2.45, 2.75) is 0 Å². The third-order valence-electron chi connectivity index (χ3n) is 3.42. The quantitative estimate of drug-likeness (QED) is 0.712. The van der Waals surface area contributed by atoms with Crippen LogP contribution >= 0.6 is 0 Å². The van der Waals surface area contributed by atoms with E-state index in [-0.39, 0.29) is 11.7 Å². The molecule has 124 valence electrons. The first-order chi connectivity index (χ1) is 11.7. The lowest BCUT2D eigenvalue weighted by atomic mass is 10.1. The molecule has 1 aromatic heterocycles. The van der Waals surface area contributed by atoms with E-state index in [1.54, 1.807) is 24.3 Å². The van der Waals surface area contributed by atoms with E-state index in [1.165, 1.54) is 33.5 Å². The van der Waals surface area contributed by atoms with Crippen molar-refractivity contribution in [2.24, 2.45) is 0 Å². The van der Waals surface area contributed by atoms with Gasteiger partial charge in [-0.15, -0.1) is 0 Å². The van der Waals surface area contributed by atoms with E-state index in [0.717, 1.165) is 0 Å². The molecule has 0 radical (unpaired) electrons. The zero-order valence-corrected chi connectivity index (χ0v) is 13.4. The molecule has 0 aliphatic rings. The minimum Gasteiger partial charge on any atom is -0.493 e. The number of benzene rings is 2. The Morgan fingerprint density at radius 3 is 2.21 bits per heavy atom. The van der Waals surface area contributed by atoms with Crippen LogP contribution in [0, 0.1) is 5.82 Å². The first-order valence-corrected chi connectivity index (χ1v) is 7.06. The fourth-order valence-corrected chi connectivity index (χ4v) is 2.29. The summed E-state index contributed by atoms with van der Waals surface area (Å²) in [5.41, 5.74) is 1.12. The molecular formula is C17H15FN2O4. The second kappa shape index (κ2) is 6.57. The lowest BCUT2D eigenvalue weighted by Gasteiger charge is -2.12. The van der Waals surface area contributed by atoms with Crippen LogP contribution in [-0.2, 0) is 0 Å². The monoisotopic (exact) mass is 330 g/mol. The van der Waals surface area contributed by atoms with Crippen molar-refractivity contribution in [3.8, 4) is 40.1 Å². The average Bonchev–Trinajstić information content (AvgIpc) is 3.10. The van der Waals surface area contributed by atoms with Gasteiger partial charge in [0.2, 0.25) is 11.6 Å². The number of aromatic nitrogens is 2. The van der Waals surface area contributed by atoms with Gasteiger partial charge < -0.3 is 18.7 Å². The van der Waals surface area contributed by atoms with Gasteiger partial charge in [0.1, 0.15) is 5.82 Å². The molecule has 0 bridgehead atoms. The predicted octanol–water partition coefficient (Wildman–Crippen LogP) is 3.57. The van der Waals surface area contributed by atoms with E-state index in [4.69, 9.17) is 18.7 Å². The van der Waals surface area contributed by atoms with Crippen molar-refractivity contribution in [1.29, 1.82) is 0 Å². The zero-order chi connectivity index (χ0) is 17.1. The topological polar surface area (TPSA) is 66.6 Å². The van der Waals surface area contributed by atoms with Gasteiger partial charge in [-0.2, -0.15) is 4.98 Å². The molecule has 0 amide bonds. The Hall–Kier alpha value is -3.09. The summed E-state index contributed by atoms with van der Waals surface area (Å²) in [5, 5.41) is 3.94. The summed E-state index contributed by atoms with van der Waals surface area (Å²) in [6.45, 7) is 0. The fraction of sp³-hybridized carbons (Fsp3) is 0.176. The molecule has 24 heavy (non-hydrogen) atoms. The van der Waals surface area contributed by atoms with Crippen LogP contribution in [0.2, 0.25) is 0 Å². The number of methoxy groups -OCH3 is 3. The van der Waals surface area contributed by atoms with Gasteiger partial charge in [-0.1, -0.05) is 11.2 Å². The number of rotatable bonds is 5. The van der Waals surface area contributed by atoms with Crippen LogP contribution in [0.25, 0.3) is 22.8 Å². The summed E-state index contributed by atoms with van der Waals surface area (Å²) in [6, 6.07) is 9.36. The Morgan fingerprint density at radius 1 is 0.917 bits per heavy atom. The predicted molar refractivity (Wildman–Crippen MR) is 84.8 cm³/mol. The molecule has 1 heterocycles. The molecule has 0 N–H and O–H groups in total. The molecule has 0 aliphatic heterocycles. The number of ether oxygens (including phenoxy) is 3. The Labute approximate surface area is 137 Å². The largest absolute Gasteiger partial charge is 0.493 e. The Kier molecular flexibility index (Phi) is 4.33. The van der Waals surface area contributed by atoms with Crippen molar-refractivity contribution in [2.75, 3.05) is 21.3 Å². The van der Waals surface area contributed by atoms with E-state index >= 15 is 0 Å². The molecular weight excluding hydrogens is 315 g/mol. The molecule has 0 unspecified atom stereocenters. The summed E-state index contributed by atoms with van der Waals surface area (Å²) < 4.78 is 34.4. The summed E-state index contributed by atoms with van der Waals surface area (Å²) in [6.07, 6.45) is 0. The van der Waals surface area contributed by atoms with Gasteiger partial charge in [0.05, 0.1) is 21.3 Å². The summed E-state index contributed by atoms with van der Waals surface area (Å²) in [7, 11) is 4.57. The van der Waals surface area contributed by atoms with Crippen LogP contribution < -0.4 is 14.2 Å². The lowest BCUT2D eigenvalue weighted by Crippen LogP contribution is -1.96. The van der Waals surface area contributed by atoms with Gasteiger partial charge in [-0.25, -0.2) is 4.39 Å². The average molecular weight is 330 g/mol. The molecule has 0 saturated carbocycles. The van der Waals surface area contributed by atoms with Crippen LogP contribution in [0.4, 0.5) is 4.39 Å². The van der Waals surface area contributed by atoms with E-state index in [1.807, 2.05) is 0 Å². The first kappa shape index (κ1) is 15.8. The van der Waals surface area contributed by atoms with Gasteiger partial charge in [0.15, 0.2) is 11.5 Å². The van der Waals surface area contributed by atoms with Crippen molar-refractivity contribution in [1.82, 2.24) is 10.1 Å². The second-order valence-corrected chi connectivity index (χ2v) is 4.85. The van der Waals surface area contributed by atoms with Crippen LogP contribution in [0.5, 0.6) is 17.2 Å². The van der Waals surface area contributed by atoms with Gasteiger partial charge in [0, 0.05) is 11.1 Å². The van der Waals surface area contributed by atoms with Crippen molar-refractivity contribution < 1.29 is 23.1 Å². The number of nitrogens with zero attached hydrogens (tertiary/aromatic N) is 2. The molecule has 0 saturated heterocycles. The second-order valence-electron chi connectivity index (χ2n) is 4.85. The third kappa shape index (κ3) is 2.88. The number of halogens is 1. The highest BCUT2D eigenvalue weighted by atomic mass is 19.1. The van der Waals surface area contributed by atoms with Crippen molar-refractivity contribution >= 4 is 0 Å². The maximum absolute atomic E-state index is 13.3. The molecule has 0 fully saturated rings. The minimum absolute atomic E-state index is 0.221. The SMILES string of the molecule is COc1cc(-c2noc(-c3cccc(F)c3)n2)cc(OC)c1OC. The lowest BCUT2D eigenvalue weighted by molar-refractivity contribution is 0.324. The fourth-order valence-electron chi connectivity index (χ4n) is 2.29. The number of hydrogen-bond donors (Lipinski definition) is 0.